The van der Waals surface area contributed by atoms with E-state index in [0.717, 1.165) is 5.56 Å². The van der Waals surface area contributed by atoms with Gasteiger partial charge in [-0.15, -0.1) is 0 Å². The molecule has 0 fully saturated rings. The molecule has 0 saturated carbocycles. The number of hydrogen-bond donors (Lipinski definition) is 1. The lowest BCUT2D eigenvalue weighted by Gasteiger charge is -2.21. The number of benzene rings is 1. The summed E-state index contributed by atoms with van der Waals surface area (Å²) in [5, 5.41) is 3.15. The number of methoxy groups -OCH3 is 1. The van der Waals surface area contributed by atoms with Crippen molar-refractivity contribution in [3.05, 3.63) is 58.8 Å². The molecule has 0 aliphatic heterocycles. The average Bonchev–Trinajstić information content (AvgIpc) is 2.95. The maximum atomic E-state index is 13.3. The summed E-state index contributed by atoms with van der Waals surface area (Å²) in [6.07, 6.45) is 0. The second-order valence-corrected chi connectivity index (χ2v) is 5.56. The van der Waals surface area contributed by atoms with Gasteiger partial charge in [-0.3, -0.25) is 4.99 Å². The quantitative estimate of drug-likeness (QED) is 0.512. The minimum atomic E-state index is -0.430. The molecule has 2 rings (SSSR count). The van der Waals surface area contributed by atoms with Gasteiger partial charge < -0.3 is 19.4 Å². The van der Waals surface area contributed by atoms with Crippen LogP contribution < -0.4 is 5.32 Å². The number of halogens is 1. The Hall–Kier alpha value is -2.83. The number of aliphatic imine (C=N–C) groups is 1. The van der Waals surface area contributed by atoms with Gasteiger partial charge in [0.2, 0.25) is 0 Å². The van der Waals surface area contributed by atoms with Crippen LogP contribution in [0.2, 0.25) is 0 Å². The van der Waals surface area contributed by atoms with Crippen LogP contribution in [0.1, 0.15) is 27.4 Å². The summed E-state index contributed by atoms with van der Waals surface area (Å²) in [4.78, 5) is 17.7. The van der Waals surface area contributed by atoms with E-state index in [1.165, 1.54) is 19.2 Å². The fourth-order valence-electron chi connectivity index (χ4n) is 2.48. The first-order chi connectivity index (χ1) is 11.9. The summed E-state index contributed by atoms with van der Waals surface area (Å²) in [5.74, 6) is 1.03. The maximum absolute atomic E-state index is 13.3. The number of nitrogens with zero attached hydrogens (tertiary/aromatic N) is 2. The number of ether oxygens (including phenoxy) is 1. The van der Waals surface area contributed by atoms with Gasteiger partial charge in [-0.1, -0.05) is 12.1 Å². The number of hydrogen-bond acceptors (Lipinski definition) is 4. The molecule has 0 bridgehead atoms. The minimum Gasteiger partial charge on any atom is -0.465 e. The summed E-state index contributed by atoms with van der Waals surface area (Å²) in [5.41, 5.74) is 1.25. The lowest BCUT2D eigenvalue weighted by molar-refractivity contribution is 0.0599. The van der Waals surface area contributed by atoms with Gasteiger partial charge >= 0.3 is 5.97 Å². The Balaban J connectivity index is 1.99. The van der Waals surface area contributed by atoms with Crippen molar-refractivity contribution in [2.45, 2.75) is 20.0 Å². The number of esters is 1. The van der Waals surface area contributed by atoms with Crippen molar-refractivity contribution in [1.29, 1.82) is 0 Å². The zero-order valence-corrected chi connectivity index (χ0v) is 14.8. The molecule has 1 N–H and O–H groups in total. The van der Waals surface area contributed by atoms with Gasteiger partial charge in [0, 0.05) is 20.6 Å². The molecule has 2 aromatic rings. The van der Waals surface area contributed by atoms with Crippen molar-refractivity contribution in [1.82, 2.24) is 10.2 Å². The molecule has 134 valence electrons. The second-order valence-electron chi connectivity index (χ2n) is 5.56. The molecule has 1 aromatic heterocycles. The van der Waals surface area contributed by atoms with E-state index in [1.54, 1.807) is 26.1 Å². The van der Waals surface area contributed by atoms with Gasteiger partial charge in [0.25, 0.3) is 0 Å². The standard InChI is InChI=1S/C18H22FN3O3/c1-12-16(17(23)24-4)9-15(25-12)10-21-18(20-2)22(3)11-13-6-5-7-14(19)8-13/h5-9H,10-11H2,1-4H3,(H,20,21). The molecule has 1 heterocycles. The zero-order valence-electron chi connectivity index (χ0n) is 14.8. The topological polar surface area (TPSA) is 67.1 Å². The van der Waals surface area contributed by atoms with Crippen LogP contribution in [0.4, 0.5) is 4.39 Å². The van der Waals surface area contributed by atoms with Crippen molar-refractivity contribution in [3.8, 4) is 0 Å². The summed E-state index contributed by atoms with van der Waals surface area (Å²) in [7, 11) is 4.85. The van der Waals surface area contributed by atoms with Crippen LogP contribution in [-0.4, -0.2) is 38.0 Å². The van der Waals surface area contributed by atoms with Gasteiger partial charge in [0.05, 0.1) is 13.7 Å². The van der Waals surface area contributed by atoms with E-state index < -0.39 is 5.97 Å². The van der Waals surface area contributed by atoms with Crippen molar-refractivity contribution >= 4 is 11.9 Å². The van der Waals surface area contributed by atoms with Crippen molar-refractivity contribution in [2.24, 2.45) is 4.99 Å². The molecule has 1 aromatic carbocycles. The summed E-state index contributed by atoms with van der Waals surface area (Å²) in [6, 6.07) is 8.07. The predicted octanol–water partition coefficient (Wildman–Crippen LogP) is 2.72. The number of carbonyl (C=O) groups excluding carboxylic acids is 1. The van der Waals surface area contributed by atoms with Crippen LogP contribution in [-0.2, 0) is 17.8 Å². The van der Waals surface area contributed by atoms with Crippen LogP contribution in [0.25, 0.3) is 0 Å². The number of nitrogens with one attached hydrogen (secondary N) is 1. The molecule has 6 nitrogen and oxygen atoms in total. The highest BCUT2D eigenvalue weighted by atomic mass is 19.1. The number of aryl methyl sites for hydroxylation is 1. The molecule has 25 heavy (non-hydrogen) atoms. The summed E-state index contributed by atoms with van der Waals surface area (Å²) >= 11 is 0. The molecule has 0 unspecified atom stereocenters. The molecule has 0 spiro atoms. The van der Waals surface area contributed by atoms with E-state index >= 15 is 0 Å². The van der Waals surface area contributed by atoms with Gasteiger partial charge in [0.1, 0.15) is 22.9 Å². The third-order valence-corrected chi connectivity index (χ3v) is 3.68. The molecular formula is C18H22FN3O3. The Kier molecular flexibility index (Phi) is 6.16. The Morgan fingerprint density at radius 3 is 2.80 bits per heavy atom. The third-order valence-electron chi connectivity index (χ3n) is 3.68. The van der Waals surface area contributed by atoms with Crippen LogP contribution in [0.5, 0.6) is 0 Å². The highest BCUT2D eigenvalue weighted by molar-refractivity contribution is 5.90. The lowest BCUT2D eigenvalue weighted by atomic mass is 10.2. The Morgan fingerprint density at radius 1 is 1.40 bits per heavy atom. The zero-order chi connectivity index (χ0) is 18.4. The minimum absolute atomic E-state index is 0.268. The summed E-state index contributed by atoms with van der Waals surface area (Å²) in [6.45, 7) is 2.57. The average molecular weight is 347 g/mol. The van der Waals surface area contributed by atoms with Gasteiger partial charge in [-0.2, -0.15) is 0 Å². The Labute approximate surface area is 146 Å². The SMILES string of the molecule is CN=C(NCc1cc(C(=O)OC)c(C)o1)N(C)Cc1cccc(F)c1. The normalized spacial score (nSPS) is 11.3. The van der Waals surface area contributed by atoms with E-state index in [2.05, 4.69) is 10.3 Å². The van der Waals surface area contributed by atoms with Crippen LogP contribution in [0, 0.1) is 12.7 Å². The first kappa shape index (κ1) is 18.5. The van der Waals surface area contributed by atoms with E-state index in [4.69, 9.17) is 9.15 Å². The first-order valence-electron chi connectivity index (χ1n) is 7.78. The van der Waals surface area contributed by atoms with E-state index in [1.807, 2.05) is 18.0 Å². The fraction of sp³-hybridized carbons (Fsp3) is 0.333. The van der Waals surface area contributed by atoms with E-state index in [-0.39, 0.29) is 5.82 Å². The highest BCUT2D eigenvalue weighted by Gasteiger charge is 2.16. The highest BCUT2D eigenvalue weighted by Crippen LogP contribution is 2.15. The number of rotatable bonds is 5. The number of furan rings is 1. The molecule has 0 aliphatic rings. The molecule has 0 radical (unpaired) electrons. The molecule has 0 aliphatic carbocycles. The van der Waals surface area contributed by atoms with E-state index in [9.17, 15) is 9.18 Å². The number of guanidine groups is 1. The molecule has 0 amide bonds. The summed E-state index contributed by atoms with van der Waals surface area (Å²) < 4.78 is 23.6. The molecule has 0 saturated heterocycles. The maximum Gasteiger partial charge on any atom is 0.341 e. The Morgan fingerprint density at radius 2 is 2.16 bits per heavy atom. The fourth-order valence-corrected chi connectivity index (χ4v) is 2.48. The van der Waals surface area contributed by atoms with Gasteiger partial charge in [-0.25, -0.2) is 9.18 Å². The molecule has 7 heteroatoms. The van der Waals surface area contributed by atoms with Crippen molar-refractivity contribution < 1.29 is 18.3 Å². The third kappa shape index (κ3) is 4.82. The molecular weight excluding hydrogens is 325 g/mol. The van der Waals surface area contributed by atoms with Gasteiger partial charge in [0.15, 0.2) is 5.96 Å². The van der Waals surface area contributed by atoms with Crippen molar-refractivity contribution in [2.75, 3.05) is 21.2 Å². The molecule has 0 atom stereocenters. The van der Waals surface area contributed by atoms with Crippen LogP contribution in [0.15, 0.2) is 39.7 Å². The second kappa shape index (κ2) is 8.32. The van der Waals surface area contributed by atoms with E-state index in [0.29, 0.717) is 36.1 Å². The Bertz CT molecular complexity index is 771. The van der Waals surface area contributed by atoms with Crippen molar-refractivity contribution in [3.63, 3.8) is 0 Å². The smallest absolute Gasteiger partial charge is 0.341 e. The first-order valence-corrected chi connectivity index (χ1v) is 7.78. The monoisotopic (exact) mass is 347 g/mol. The lowest BCUT2D eigenvalue weighted by Crippen LogP contribution is -2.38. The predicted molar refractivity (Wildman–Crippen MR) is 92.9 cm³/mol. The van der Waals surface area contributed by atoms with Crippen LogP contribution in [0.3, 0.4) is 0 Å². The largest absolute Gasteiger partial charge is 0.465 e. The van der Waals surface area contributed by atoms with Gasteiger partial charge in [-0.05, 0) is 30.7 Å². The van der Waals surface area contributed by atoms with Crippen LogP contribution >= 0.6 is 0 Å². The number of carbonyl (C=O) groups is 1.